The van der Waals surface area contributed by atoms with Gasteiger partial charge in [0.2, 0.25) is 0 Å². The van der Waals surface area contributed by atoms with Crippen LogP contribution in [0, 0.1) is 13.8 Å². The number of benzene rings is 1. The van der Waals surface area contributed by atoms with Gasteiger partial charge in [-0.3, -0.25) is 0 Å². The Morgan fingerprint density at radius 2 is 1.92 bits per heavy atom. The Morgan fingerprint density at radius 3 is 2.54 bits per heavy atom. The lowest BCUT2D eigenvalue weighted by Crippen LogP contribution is -2.02. The molecule has 124 valence electrons. The van der Waals surface area contributed by atoms with Crippen molar-refractivity contribution >= 4 is 39.0 Å². The molecule has 0 aliphatic heterocycles. The summed E-state index contributed by atoms with van der Waals surface area (Å²) in [5, 5.41) is 4.43. The maximum Gasteiger partial charge on any atom is 0.337 e. The first-order valence-corrected chi connectivity index (χ1v) is 8.57. The third-order valence-corrected chi connectivity index (χ3v) is 5.06. The molecule has 5 nitrogen and oxygen atoms in total. The summed E-state index contributed by atoms with van der Waals surface area (Å²) in [7, 11) is 1.38. The molecular weight excluding hydrogens is 322 g/mol. The molecule has 6 heteroatoms. The molecule has 0 saturated heterocycles. The van der Waals surface area contributed by atoms with Crippen LogP contribution in [0.3, 0.4) is 0 Å². The van der Waals surface area contributed by atoms with Gasteiger partial charge < -0.3 is 10.1 Å². The number of esters is 1. The van der Waals surface area contributed by atoms with Crippen LogP contribution < -0.4 is 5.32 Å². The smallest absolute Gasteiger partial charge is 0.337 e. The van der Waals surface area contributed by atoms with E-state index in [0.29, 0.717) is 5.56 Å². The van der Waals surface area contributed by atoms with E-state index in [4.69, 9.17) is 4.74 Å². The maximum absolute atomic E-state index is 11.5. The summed E-state index contributed by atoms with van der Waals surface area (Å²) in [6.45, 7) is 6.24. The molecule has 0 fully saturated rings. The number of carbonyl (C=O) groups is 1. The summed E-state index contributed by atoms with van der Waals surface area (Å²) in [6.07, 6.45) is 0.780. The Bertz CT molecular complexity index is 901. The minimum Gasteiger partial charge on any atom is -0.465 e. The molecule has 0 bridgehead atoms. The van der Waals surface area contributed by atoms with Gasteiger partial charge in [-0.2, -0.15) is 0 Å². The number of methoxy groups -OCH3 is 1. The zero-order valence-electron chi connectivity index (χ0n) is 14.1. The number of fused-ring (bicyclic) bond motifs is 1. The van der Waals surface area contributed by atoms with E-state index < -0.39 is 0 Å². The van der Waals surface area contributed by atoms with Crippen LogP contribution in [0.15, 0.2) is 24.3 Å². The minimum absolute atomic E-state index is 0.344. The lowest BCUT2D eigenvalue weighted by molar-refractivity contribution is 0.0601. The quantitative estimate of drug-likeness (QED) is 0.713. The minimum atomic E-state index is -0.344. The van der Waals surface area contributed by atoms with Crippen LogP contribution in [0.25, 0.3) is 10.2 Å². The van der Waals surface area contributed by atoms with Crippen molar-refractivity contribution in [3.8, 4) is 0 Å². The number of nitrogens with one attached hydrogen (secondary N) is 1. The fourth-order valence-electron chi connectivity index (χ4n) is 2.49. The molecule has 24 heavy (non-hydrogen) atoms. The molecular formula is C18H19N3O2S. The first-order chi connectivity index (χ1) is 11.5. The van der Waals surface area contributed by atoms with Crippen LogP contribution >= 0.6 is 11.3 Å². The van der Waals surface area contributed by atoms with E-state index in [1.165, 1.54) is 17.6 Å². The second-order valence-corrected chi connectivity index (χ2v) is 6.70. The number of hydrogen-bond acceptors (Lipinski definition) is 6. The van der Waals surface area contributed by atoms with Gasteiger partial charge in [0.15, 0.2) is 0 Å². The van der Waals surface area contributed by atoms with E-state index in [2.05, 4.69) is 29.1 Å². The predicted octanol–water partition coefficient (Wildman–Crippen LogP) is 4.40. The van der Waals surface area contributed by atoms with Gasteiger partial charge in [-0.1, -0.05) is 6.92 Å². The summed E-state index contributed by atoms with van der Waals surface area (Å²) < 4.78 is 4.72. The van der Waals surface area contributed by atoms with Gasteiger partial charge in [0.05, 0.1) is 18.1 Å². The fourth-order valence-corrected chi connectivity index (χ4v) is 3.53. The van der Waals surface area contributed by atoms with Gasteiger partial charge in [-0.05, 0) is 43.7 Å². The summed E-state index contributed by atoms with van der Waals surface area (Å²) >= 11 is 1.69. The van der Waals surface area contributed by atoms with Crippen molar-refractivity contribution in [3.63, 3.8) is 0 Å². The van der Waals surface area contributed by atoms with Gasteiger partial charge in [-0.25, -0.2) is 14.8 Å². The topological polar surface area (TPSA) is 64.1 Å². The molecule has 0 unspecified atom stereocenters. The van der Waals surface area contributed by atoms with E-state index in [1.807, 2.05) is 19.1 Å². The van der Waals surface area contributed by atoms with Gasteiger partial charge in [0.1, 0.15) is 16.5 Å². The number of thiophene rings is 1. The number of hydrogen-bond donors (Lipinski definition) is 1. The number of ether oxygens (including phenoxy) is 1. The Balaban J connectivity index is 2.01. The molecule has 0 radical (unpaired) electrons. The van der Waals surface area contributed by atoms with E-state index >= 15 is 0 Å². The average molecular weight is 341 g/mol. The van der Waals surface area contributed by atoms with E-state index in [1.54, 1.807) is 23.5 Å². The van der Waals surface area contributed by atoms with Crippen LogP contribution in [0.1, 0.15) is 33.5 Å². The van der Waals surface area contributed by atoms with Crippen molar-refractivity contribution in [2.75, 3.05) is 12.4 Å². The van der Waals surface area contributed by atoms with E-state index in [0.717, 1.165) is 34.0 Å². The standard InChI is InChI=1S/C18H19N3O2S/c1-5-14-20-16(15-10(2)11(3)24-17(15)21-14)19-13-8-6-12(7-9-13)18(22)23-4/h6-9H,5H2,1-4H3,(H,19,20,21). The molecule has 0 spiro atoms. The Kier molecular flexibility index (Phi) is 4.49. The number of rotatable bonds is 4. The number of anilines is 2. The zero-order chi connectivity index (χ0) is 17.3. The fraction of sp³-hybridized carbons (Fsp3) is 0.278. The second-order valence-electron chi connectivity index (χ2n) is 5.50. The third-order valence-electron chi connectivity index (χ3n) is 3.96. The highest BCUT2D eigenvalue weighted by atomic mass is 32.1. The Hall–Kier alpha value is -2.47. The highest BCUT2D eigenvalue weighted by Gasteiger charge is 2.14. The van der Waals surface area contributed by atoms with E-state index in [9.17, 15) is 4.79 Å². The lowest BCUT2D eigenvalue weighted by atomic mass is 10.2. The maximum atomic E-state index is 11.5. The molecule has 1 aromatic carbocycles. The molecule has 0 aliphatic rings. The molecule has 3 rings (SSSR count). The summed E-state index contributed by atoms with van der Waals surface area (Å²) in [5.41, 5.74) is 2.59. The van der Waals surface area contributed by atoms with Crippen LogP contribution in [-0.4, -0.2) is 23.0 Å². The van der Waals surface area contributed by atoms with Crippen molar-refractivity contribution in [1.29, 1.82) is 0 Å². The molecule has 1 N–H and O–H groups in total. The highest BCUT2D eigenvalue weighted by molar-refractivity contribution is 7.18. The number of nitrogens with zero attached hydrogens (tertiary/aromatic N) is 2. The number of carbonyl (C=O) groups excluding carboxylic acids is 1. The second kappa shape index (κ2) is 6.57. The lowest BCUT2D eigenvalue weighted by Gasteiger charge is -2.10. The van der Waals surface area contributed by atoms with Crippen molar-refractivity contribution in [2.24, 2.45) is 0 Å². The molecule has 0 saturated carbocycles. The highest BCUT2D eigenvalue weighted by Crippen LogP contribution is 2.34. The Labute approximate surface area is 144 Å². The van der Waals surface area contributed by atoms with Gasteiger partial charge in [-0.15, -0.1) is 11.3 Å². The van der Waals surface area contributed by atoms with Crippen molar-refractivity contribution in [3.05, 3.63) is 46.1 Å². The monoisotopic (exact) mass is 341 g/mol. The summed E-state index contributed by atoms with van der Waals surface area (Å²) in [5.74, 6) is 1.28. The van der Waals surface area contributed by atoms with Crippen molar-refractivity contribution < 1.29 is 9.53 Å². The summed E-state index contributed by atoms with van der Waals surface area (Å²) in [6, 6.07) is 7.17. The molecule has 0 atom stereocenters. The number of aryl methyl sites for hydroxylation is 3. The van der Waals surface area contributed by atoms with Crippen LogP contribution in [0.2, 0.25) is 0 Å². The van der Waals surface area contributed by atoms with Gasteiger partial charge in [0, 0.05) is 17.0 Å². The Morgan fingerprint density at radius 1 is 1.21 bits per heavy atom. The normalized spacial score (nSPS) is 10.8. The van der Waals surface area contributed by atoms with Gasteiger partial charge in [0.25, 0.3) is 0 Å². The third kappa shape index (κ3) is 2.97. The largest absolute Gasteiger partial charge is 0.465 e. The average Bonchev–Trinajstić information content (AvgIpc) is 2.89. The first kappa shape index (κ1) is 16.4. The molecule has 2 heterocycles. The molecule has 0 aliphatic carbocycles. The van der Waals surface area contributed by atoms with Crippen LogP contribution in [0.5, 0.6) is 0 Å². The van der Waals surface area contributed by atoms with Gasteiger partial charge >= 0.3 is 5.97 Å². The zero-order valence-corrected chi connectivity index (χ0v) is 15.0. The SMILES string of the molecule is CCc1nc(Nc2ccc(C(=O)OC)cc2)c2c(C)c(C)sc2n1. The van der Waals surface area contributed by atoms with Crippen molar-refractivity contribution in [1.82, 2.24) is 9.97 Å². The molecule has 0 amide bonds. The molecule has 2 aromatic heterocycles. The first-order valence-electron chi connectivity index (χ1n) is 7.75. The van der Waals surface area contributed by atoms with Crippen LogP contribution in [0.4, 0.5) is 11.5 Å². The summed E-state index contributed by atoms with van der Waals surface area (Å²) in [4.78, 5) is 23.1. The molecule has 3 aromatic rings. The van der Waals surface area contributed by atoms with Crippen LogP contribution in [-0.2, 0) is 11.2 Å². The number of aromatic nitrogens is 2. The van der Waals surface area contributed by atoms with Crippen molar-refractivity contribution in [2.45, 2.75) is 27.2 Å². The predicted molar refractivity (Wildman–Crippen MR) is 97.3 cm³/mol. The van der Waals surface area contributed by atoms with E-state index in [-0.39, 0.29) is 5.97 Å².